The number of rotatable bonds is 2. The van der Waals surface area contributed by atoms with Crippen LogP contribution in [-0.2, 0) is 0 Å². The van der Waals surface area contributed by atoms with Gasteiger partial charge in [-0.15, -0.1) is 0 Å². The van der Waals surface area contributed by atoms with E-state index in [1.807, 2.05) is 0 Å². The molecule has 3 rings (SSSR count). The van der Waals surface area contributed by atoms with Gasteiger partial charge in [-0.2, -0.15) is 5.26 Å². The molecule has 5 nitrogen and oxygen atoms in total. The Morgan fingerprint density at radius 1 is 1.42 bits per heavy atom. The number of furan rings is 1. The van der Waals surface area contributed by atoms with Crippen LogP contribution in [0.1, 0.15) is 39.9 Å². The maximum atomic E-state index is 14.1. The van der Waals surface area contributed by atoms with Gasteiger partial charge >= 0.3 is 0 Å². The highest BCUT2D eigenvalue weighted by molar-refractivity contribution is 5.96. The fourth-order valence-electron chi connectivity index (χ4n) is 3.01. The average molecular weight is 332 g/mol. The monoisotopic (exact) mass is 332 g/mol. The summed E-state index contributed by atoms with van der Waals surface area (Å²) in [5.41, 5.74) is 0.184. The molecule has 1 aromatic carbocycles. The molecule has 1 aromatic heterocycles. The van der Waals surface area contributed by atoms with Crippen molar-refractivity contribution in [3.63, 3.8) is 0 Å². The van der Waals surface area contributed by atoms with E-state index in [0.29, 0.717) is 0 Å². The van der Waals surface area contributed by atoms with E-state index in [1.165, 1.54) is 11.0 Å². The molecule has 2 aromatic rings. The van der Waals surface area contributed by atoms with Gasteiger partial charge in [0.15, 0.2) is 0 Å². The number of hydrogen-bond acceptors (Lipinski definition) is 4. The lowest BCUT2D eigenvalue weighted by atomic mass is 10.0. The number of aliphatic hydroxyl groups is 1. The number of β-amino-alcohol motifs (C(OH)–C–C–N with tert-alkyl or cyclic N) is 1. The number of halogens is 2. The van der Waals surface area contributed by atoms with Gasteiger partial charge in [0.05, 0.1) is 17.7 Å². The molecule has 124 valence electrons. The molecule has 1 amide bonds. The molecule has 0 saturated carbocycles. The Labute approximate surface area is 136 Å². The van der Waals surface area contributed by atoms with Gasteiger partial charge < -0.3 is 14.4 Å². The van der Waals surface area contributed by atoms with E-state index >= 15 is 0 Å². The van der Waals surface area contributed by atoms with Crippen LogP contribution in [0.4, 0.5) is 8.78 Å². The molecule has 1 aliphatic rings. The molecular formula is C17H14F2N2O3. The summed E-state index contributed by atoms with van der Waals surface area (Å²) >= 11 is 0. The van der Waals surface area contributed by atoms with Crippen LogP contribution in [0.2, 0.25) is 0 Å². The Morgan fingerprint density at radius 2 is 2.17 bits per heavy atom. The van der Waals surface area contributed by atoms with Gasteiger partial charge in [0.1, 0.15) is 23.5 Å². The normalized spacial score (nSPS) is 20.2. The summed E-state index contributed by atoms with van der Waals surface area (Å²) in [6, 6.07) is 5.34. The van der Waals surface area contributed by atoms with E-state index in [-0.39, 0.29) is 35.6 Å². The van der Waals surface area contributed by atoms with E-state index in [4.69, 9.17) is 9.68 Å². The number of hydrogen-bond donors (Lipinski definition) is 1. The first-order valence-corrected chi connectivity index (χ1v) is 7.35. The predicted molar refractivity (Wildman–Crippen MR) is 78.9 cm³/mol. The van der Waals surface area contributed by atoms with Gasteiger partial charge in [0.2, 0.25) is 5.76 Å². The number of aliphatic hydroxyl groups excluding tert-OH is 1. The van der Waals surface area contributed by atoms with E-state index in [0.717, 1.165) is 18.2 Å². The topological polar surface area (TPSA) is 77.5 Å². The quantitative estimate of drug-likeness (QED) is 0.917. The van der Waals surface area contributed by atoms with E-state index in [2.05, 4.69) is 0 Å². The highest BCUT2D eigenvalue weighted by Gasteiger charge is 2.38. The number of aryl methyl sites for hydroxylation is 1. The second kappa shape index (κ2) is 6.06. The number of amides is 1. The van der Waals surface area contributed by atoms with Gasteiger partial charge in [-0.25, -0.2) is 8.78 Å². The van der Waals surface area contributed by atoms with E-state index in [9.17, 15) is 18.7 Å². The molecule has 7 heteroatoms. The molecule has 0 aliphatic carbocycles. The number of carbonyl (C=O) groups is 1. The van der Waals surface area contributed by atoms with Crippen LogP contribution in [0.25, 0.3) is 0 Å². The third-order valence-corrected chi connectivity index (χ3v) is 4.12. The molecule has 0 unspecified atom stereocenters. The minimum absolute atomic E-state index is 0.00798. The summed E-state index contributed by atoms with van der Waals surface area (Å²) in [5, 5.41) is 18.8. The molecule has 0 bridgehead atoms. The SMILES string of the molecule is Cc1oc(C#N)cc1C(=O)N1C[C@@H](O)C[C@@H]1c1cc(F)ccc1F. The molecule has 1 N–H and O–H groups in total. The molecule has 24 heavy (non-hydrogen) atoms. The molecule has 0 spiro atoms. The molecule has 1 aliphatic heterocycles. The Hall–Kier alpha value is -2.72. The summed E-state index contributed by atoms with van der Waals surface area (Å²) in [6.07, 6.45) is -0.738. The summed E-state index contributed by atoms with van der Waals surface area (Å²) in [7, 11) is 0. The first-order chi connectivity index (χ1) is 11.4. The number of nitrogens with zero attached hydrogens (tertiary/aromatic N) is 2. The first kappa shape index (κ1) is 16.1. The molecular weight excluding hydrogens is 318 g/mol. The van der Waals surface area contributed by atoms with Gasteiger partial charge in [-0.05, 0) is 31.5 Å². The van der Waals surface area contributed by atoms with Crippen molar-refractivity contribution in [2.75, 3.05) is 6.54 Å². The summed E-state index contributed by atoms with van der Waals surface area (Å²) in [4.78, 5) is 14.0. The summed E-state index contributed by atoms with van der Waals surface area (Å²) in [6.45, 7) is 1.53. The summed E-state index contributed by atoms with van der Waals surface area (Å²) < 4.78 is 32.7. The Kier molecular flexibility index (Phi) is 4.08. The first-order valence-electron chi connectivity index (χ1n) is 7.35. The van der Waals surface area contributed by atoms with Crippen LogP contribution in [0, 0.1) is 29.9 Å². The second-order valence-electron chi connectivity index (χ2n) is 5.72. The molecule has 1 saturated heterocycles. The van der Waals surface area contributed by atoms with Crippen LogP contribution in [0.15, 0.2) is 28.7 Å². The third-order valence-electron chi connectivity index (χ3n) is 4.12. The highest BCUT2D eigenvalue weighted by Crippen LogP contribution is 2.35. The van der Waals surface area contributed by atoms with Crippen molar-refractivity contribution in [3.8, 4) is 6.07 Å². The largest absolute Gasteiger partial charge is 0.450 e. The molecule has 2 heterocycles. The van der Waals surface area contributed by atoms with E-state index < -0.39 is 29.7 Å². The molecule has 1 fully saturated rings. The van der Waals surface area contributed by atoms with Crippen molar-refractivity contribution in [3.05, 3.63) is 58.5 Å². The maximum absolute atomic E-state index is 14.1. The average Bonchev–Trinajstić information content (AvgIpc) is 3.12. The maximum Gasteiger partial charge on any atom is 0.258 e. The minimum atomic E-state index is -0.843. The zero-order valence-electron chi connectivity index (χ0n) is 12.8. The van der Waals surface area contributed by atoms with Crippen molar-refractivity contribution >= 4 is 5.91 Å². The Balaban J connectivity index is 1.99. The molecule has 2 atom stereocenters. The number of likely N-dealkylation sites (tertiary alicyclic amines) is 1. The smallest absolute Gasteiger partial charge is 0.258 e. The van der Waals surface area contributed by atoms with Crippen LogP contribution in [0.5, 0.6) is 0 Å². The van der Waals surface area contributed by atoms with E-state index in [1.54, 1.807) is 13.0 Å². The van der Waals surface area contributed by atoms with Gasteiger partial charge in [0.25, 0.3) is 5.91 Å². The standard InChI is InChI=1S/C17H14F2N2O3/c1-9-13(6-12(7-20)24-9)17(23)21-8-11(22)5-16(21)14-4-10(18)2-3-15(14)19/h2-4,6,11,16,22H,5,8H2,1H3/t11-,16+/m0/s1. The van der Waals surface area contributed by atoms with Crippen LogP contribution in [0.3, 0.4) is 0 Å². The molecule has 0 radical (unpaired) electrons. The second-order valence-corrected chi connectivity index (χ2v) is 5.72. The number of benzene rings is 1. The van der Waals surface area contributed by atoms with Crippen molar-refractivity contribution in [2.24, 2.45) is 0 Å². The lowest BCUT2D eigenvalue weighted by Crippen LogP contribution is -2.32. The van der Waals surface area contributed by atoms with Gasteiger partial charge in [-0.3, -0.25) is 4.79 Å². The number of carbonyl (C=O) groups excluding carboxylic acids is 1. The Bertz CT molecular complexity index is 841. The minimum Gasteiger partial charge on any atom is -0.450 e. The van der Waals surface area contributed by atoms with Crippen molar-refractivity contribution in [2.45, 2.75) is 25.5 Å². The zero-order chi connectivity index (χ0) is 17.4. The van der Waals surface area contributed by atoms with Crippen molar-refractivity contribution in [1.29, 1.82) is 5.26 Å². The third kappa shape index (κ3) is 2.76. The van der Waals surface area contributed by atoms with Gasteiger partial charge in [-0.1, -0.05) is 0 Å². The lowest BCUT2D eigenvalue weighted by molar-refractivity contribution is 0.0712. The Morgan fingerprint density at radius 3 is 2.83 bits per heavy atom. The fraction of sp³-hybridized carbons (Fsp3) is 0.294. The van der Waals surface area contributed by atoms with Crippen LogP contribution < -0.4 is 0 Å². The highest BCUT2D eigenvalue weighted by atomic mass is 19.1. The van der Waals surface area contributed by atoms with Crippen LogP contribution >= 0.6 is 0 Å². The van der Waals surface area contributed by atoms with Crippen molar-refractivity contribution < 1.29 is 23.1 Å². The predicted octanol–water partition coefficient (Wildman–Crippen LogP) is 2.69. The number of nitriles is 1. The van der Waals surface area contributed by atoms with Gasteiger partial charge in [0, 0.05) is 18.2 Å². The summed E-state index contributed by atoms with van der Waals surface area (Å²) in [5.74, 6) is -1.51. The van der Waals surface area contributed by atoms with Crippen LogP contribution in [-0.4, -0.2) is 28.6 Å². The zero-order valence-corrected chi connectivity index (χ0v) is 12.8. The lowest BCUT2D eigenvalue weighted by Gasteiger charge is -2.25. The van der Waals surface area contributed by atoms with Crippen molar-refractivity contribution in [1.82, 2.24) is 4.90 Å². The fourth-order valence-corrected chi connectivity index (χ4v) is 3.01.